The number of halogens is 1. The van der Waals surface area contributed by atoms with E-state index in [1.165, 1.54) is 12.1 Å². The zero-order chi connectivity index (χ0) is 14.0. The number of Topliss-reactive ketones (excluding diaryl/α,β-unsaturated/α-hetero) is 1. The molecule has 0 bridgehead atoms. The second-order valence-corrected chi connectivity index (χ2v) is 4.97. The largest absolute Gasteiger partial charge is 0.478 e. The van der Waals surface area contributed by atoms with Gasteiger partial charge in [0.2, 0.25) is 0 Å². The monoisotopic (exact) mass is 265 g/mol. The molecule has 1 atom stereocenters. The fourth-order valence-electron chi connectivity index (χ4n) is 2.33. The Morgan fingerprint density at radius 1 is 1.53 bits per heavy atom. The Bertz CT molecular complexity index is 515. The van der Waals surface area contributed by atoms with Gasteiger partial charge in [-0.3, -0.25) is 9.69 Å². The van der Waals surface area contributed by atoms with Crippen molar-refractivity contribution in [3.05, 3.63) is 35.1 Å². The lowest BCUT2D eigenvalue weighted by molar-refractivity contribution is -0.125. The van der Waals surface area contributed by atoms with E-state index in [0.29, 0.717) is 26.1 Å². The normalized spacial score (nSPS) is 20.5. The molecule has 1 aliphatic rings. The van der Waals surface area contributed by atoms with Crippen molar-refractivity contribution in [3.63, 3.8) is 0 Å². The first-order valence-corrected chi connectivity index (χ1v) is 6.24. The molecule has 0 amide bonds. The molecule has 5 heteroatoms. The zero-order valence-electron chi connectivity index (χ0n) is 10.7. The maximum absolute atomic E-state index is 13.5. The lowest BCUT2D eigenvalue weighted by Gasteiger charge is -2.29. The number of benzene rings is 1. The highest BCUT2D eigenvalue weighted by Gasteiger charge is 2.23. The summed E-state index contributed by atoms with van der Waals surface area (Å²) in [6.45, 7) is 3.77. The molecule has 1 unspecified atom stereocenters. The molecular formula is C14H16FNO3. The first-order valence-electron chi connectivity index (χ1n) is 6.24. The predicted molar refractivity (Wildman–Crippen MR) is 67.4 cm³/mol. The van der Waals surface area contributed by atoms with Crippen molar-refractivity contribution in [2.45, 2.75) is 19.9 Å². The van der Waals surface area contributed by atoms with Crippen LogP contribution < -0.4 is 0 Å². The second-order valence-electron chi connectivity index (χ2n) is 4.97. The summed E-state index contributed by atoms with van der Waals surface area (Å²) in [6.07, 6.45) is 0.525. The minimum Gasteiger partial charge on any atom is -0.478 e. The molecule has 1 N–H and O–H groups in total. The number of aromatic carboxylic acids is 1. The van der Waals surface area contributed by atoms with Crippen molar-refractivity contribution in [2.24, 2.45) is 5.92 Å². The molecule has 0 saturated carbocycles. The average molecular weight is 265 g/mol. The number of nitrogens with zero attached hydrogens (tertiary/aromatic N) is 1. The highest BCUT2D eigenvalue weighted by atomic mass is 19.1. The van der Waals surface area contributed by atoms with E-state index in [9.17, 15) is 14.0 Å². The van der Waals surface area contributed by atoms with E-state index in [0.717, 1.165) is 5.56 Å². The topological polar surface area (TPSA) is 57.6 Å². The van der Waals surface area contributed by atoms with Gasteiger partial charge in [-0.15, -0.1) is 0 Å². The number of piperidine rings is 1. The third kappa shape index (κ3) is 3.17. The molecule has 0 aliphatic carbocycles. The van der Waals surface area contributed by atoms with Crippen LogP contribution in [-0.4, -0.2) is 34.8 Å². The Hall–Kier alpha value is -1.75. The van der Waals surface area contributed by atoms with Crippen molar-refractivity contribution in [1.29, 1.82) is 0 Å². The quantitative estimate of drug-likeness (QED) is 0.907. The van der Waals surface area contributed by atoms with Crippen LogP contribution in [0.5, 0.6) is 0 Å². The Morgan fingerprint density at radius 2 is 2.26 bits per heavy atom. The number of carbonyl (C=O) groups excluding carboxylic acids is 1. The lowest BCUT2D eigenvalue weighted by Crippen LogP contribution is -2.39. The van der Waals surface area contributed by atoms with Crippen LogP contribution in [0.2, 0.25) is 0 Å². The van der Waals surface area contributed by atoms with Gasteiger partial charge in [0.05, 0.1) is 5.56 Å². The van der Waals surface area contributed by atoms with E-state index >= 15 is 0 Å². The Kier molecular flexibility index (Phi) is 3.95. The van der Waals surface area contributed by atoms with Gasteiger partial charge in [-0.25, -0.2) is 9.18 Å². The molecule has 1 saturated heterocycles. The maximum Gasteiger partial charge on any atom is 0.338 e. The molecule has 1 aliphatic heterocycles. The molecule has 0 spiro atoms. The Morgan fingerprint density at radius 3 is 2.84 bits per heavy atom. The van der Waals surface area contributed by atoms with Crippen LogP contribution in [0.3, 0.4) is 0 Å². The molecule has 0 radical (unpaired) electrons. The van der Waals surface area contributed by atoms with Gasteiger partial charge in [0.15, 0.2) is 0 Å². The molecular weight excluding hydrogens is 249 g/mol. The van der Waals surface area contributed by atoms with Crippen molar-refractivity contribution in [2.75, 3.05) is 13.1 Å². The number of ketones is 1. The minimum absolute atomic E-state index is 0.0110. The van der Waals surface area contributed by atoms with Crippen LogP contribution in [0, 0.1) is 11.7 Å². The van der Waals surface area contributed by atoms with Gasteiger partial charge in [0.1, 0.15) is 11.6 Å². The zero-order valence-corrected chi connectivity index (χ0v) is 10.7. The van der Waals surface area contributed by atoms with E-state index < -0.39 is 11.8 Å². The van der Waals surface area contributed by atoms with Crippen LogP contribution in [0.25, 0.3) is 0 Å². The molecule has 1 fully saturated rings. The standard InChI is InChI=1S/C14H16FNO3/c1-9-7-16(5-4-13(9)17)8-10-2-3-11(14(18)19)12(15)6-10/h2-3,6,9H,4-5,7-8H2,1H3,(H,18,19). The van der Waals surface area contributed by atoms with Crippen molar-refractivity contribution in [3.8, 4) is 0 Å². The predicted octanol–water partition coefficient (Wildman–Crippen LogP) is 1.93. The van der Waals surface area contributed by atoms with Crippen molar-refractivity contribution < 1.29 is 19.1 Å². The molecule has 102 valence electrons. The average Bonchev–Trinajstić information content (AvgIpc) is 2.33. The number of likely N-dealkylation sites (tertiary alicyclic amines) is 1. The minimum atomic E-state index is -1.26. The van der Waals surface area contributed by atoms with Crippen molar-refractivity contribution >= 4 is 11.8 Å². The summed E-state index contributed by atoms with van der Waals surface area (Å²) >= 11 is 0. The smallest absolute Gasteiger partial charge is 0.338 e. The summed E-state index contributed by atoms with van der Waals surface area (Å²) < 4.78 is 13.5. The number of carbonyl (C=O) groups is 2. The van der Waals surface area contributed by atoms with Crippen LogP contribution in [0.4, 0.5) is 4.39 Å². The van der Waals surface area contributed by atoms with Gasteiger partial charge < -0.3 is 5.11 Å². The summed E-state index contributed by atoms with van der Waals surface area (Å²) in [4.78, 5) is 24.2. The Labute approximate surface area is 110 Å². The lowest BCUT2D eigenvalue weighted by atomic mass is 9.98. The van der Waals surface area contributed by atoms with E-state index in [1.807, 2.05) is 6.92 Å². The Balaban J connectivity index is 2.06. The van der Waals surface area contributed by atoms with Gasteiger partial charge in [-0.05, 0) is 17.7 Å². The highest BCUT2D eigenvalue weighted by Crippen LogP contribution is 2.17. The summed E-state index contributed by atoms with van der Waals surface area (Å²) in [5, 5.41) is 8.75. The molecule has 1 heterocycles. The van der Waals surface area contributed by atoms with Gasteiger partial charge in [0.25, 0.3) is 0 Å². The van der Waals surface area contributed by atoms with E-state index in [1.54, 1.807) is 6.07 Å². The highest BCUT2D eigenvalue weighted by molar-refractivity contribution is 5.87. The van der Waals surface area contributed by atoms with Gasteiger partial charge >= 0.3 is 5.97 Å². The summed E-state index contributed by atoms with van der Waals surface area (Å²) in [5.41, 5.74) is 0.412. The summed E-state index contributed by atoms with van der Waals surface area (Å²) in [7, 11) is 0. The van der Waals surface area contributed by atoms with Gasteiger partial charge in [-0.1, -0.05) is 13.0 Å². The van der Waals surface area contributed by atoms with Crippen molar-refractivity contribution in [1.82, 2.24) is 4.90 Å². The van der Waals surface area contributed by atoms with E-state index in [-0.39, 0.29) is 17.3 Å². The number of carboxylic acids is 1. The first kappa shape index (κ1) is 13.7. The SMILES string of the molecule is CC1CN(Cc2ccc(C(=O)O)c(F)c2)CCC1=O. The summed E-state index contributed by atoms with van der Waals surface area (Å²) in [6, 6.07) is 4.16. The fraction of sp³-hybridized carbons (Fsp3) is 0.429. The second kappa shape index (κ2) is 5.48. The molecule has 4 nitrogen and oxygen atoms in total. The third-order valence-electron chi connectivity index (χ3n) is 3.43. The van der Waals surface area contributed by atoms with Gasteiger partial charge in [0, 0.05) is 32.0 Å². The molecule has 19 heavy (non-hydrogen) atoms. The third-order valence-corrected chi connectivity index (χ3v) is 3.43. The summed E-state index contributed by atoms with van der Waals surface area (Å²) in [5.74, 6) is -1.70. The van der Waals surface area contributed by atoms with E-state index in [2.05, 4.69) is 4.90 Å². The van der Waals surface area contributed by atoms with Crippen LogP contribution >= 0.6 is 0 Å². The number of rotatable bonds is 3. The number of hydrogen-bond acceptors (Lipinski definition) is 3. The van der Waals surface area contributed by atoms with Crippen LogP contribution in [0.1, 0.15) is 29.3 Å². The molecule has 0 aromatic heterocycles. The van der Waals surface area contributed by atoms with Gasteiger partial charge in [-0.2, -0.15) is 0 Å². The fourth-order valence-corrected chi connectivity index (χ4v) is 2.33. The maximum atomic E-state index is 13.5. The van der Waals surface area contributed by atoms with Crippen LogP contribution in [-0.2, 0) is 11.3 Å². The van der Waals surface area contributed by atoms with E-state index in [4.69, 9.17) is 5.11 Å². The number of carboxylic acid groups (broad SMARTS) is 1. The molecule has 2 rings (SSSR count). The molecule has 1 aromatic rings. The van der Waals surface area contributed by atoms with Crippen LogP contribution in [0.15, 0.2) is 18.2 Å². The molecule has 1 aromatic carbocycles. The number of hydrogen-bond donors (Lipinski definition) is 1. The first-order chi connectivity index (χ1) is 8.97.